The molecular formula is C14H15N5S. The molecule has 5 nitrogen and oxygen atoms in total. The van der Waals surface area contributed by atoms with Crippen LogP contribution in [0, 0.1) is 0 Å². The molecule has 0 amide bonds. The quantitative estimate of drug-likeness (QED) is 0.773. The summed E-state index contributed by atoms with van der Waals surface area (Å²) in [5.74, 6) is 0.565. The van der Waals surface area contributed by atoms with Crippen molar-refractivity contribution in [1.29, 1.82) is 0 Å². The molecule has 0 saturated heterocycles. The number of anilines is 2. The molecule has 20 heavy (non-hydrogen) atoms. The van der Waals surface area contributed by atoms with E-state index < -0.39 is 0 Å². The third-order valence-electron chi connectivity index (χ3n) is 2.99. The van der Waals surface area contributed by atoms with Crippen LogP contribution in [-0.2, 0) is 13.6 Å². The largest absolute Gasteiger partial charge is 0.382 e. The summed E-state index contributed by atoms with van der Waals surface area (Å²) in [6.45, 7) is 0.704. The molecule has 6 heteroatoms. The third-order valence-corrected chi connectivity index (χ3v) is 3.81. The van der Waals surface area contributed by atoms with Crippen molar-refractivity contribution < 1.29 is 0 Å². The first-order valence-electron chi connectivity index (χ1n) is 6.26. The van der Waals surface area contributed by atoms with Gasteiger partial charge in [-0.1, -0.05) is 30.3 Å². The van der Waals surface area contributed by atoms with Crippen LogP contribution in [0.5, 0.6) is 0 Å². The molecule has 3 rings (SSSR count). The molecule has 2 heterocycles. The van der Waals surface area contributed by atoms with E-state index in [9.17, 15) is 0 Å². The smallest absolute Gasteiger partial charge is 0.147 e. The summed E-state index contributed by atoms with van der Waals surface area (Å²) < 4.78 is 6.03. The highest BCUT2D eigenvalue weighted by molar-refractivity contribution is 7.11. The molecule has 102 valence electrons. The second-order valence-electron chi connectivity index (χ2n) is 4.51. The van der Waals surface area contributed by atoms with Crippen molar-refractivity contribution in [2.24, 2.45) is 7.05 Å². The maximum atomic E-state index is 5.99. The van der Waals surface area contributed by atoms with Gasteiger partial charge >= 0.3 is 0 Å². The summed E-state index contributed by atoms with van der Waals surface area (Å²) >= 11 is 1.38. The average Bonchev–Trinajstić information content (AvgIpc) is 3.03. The molecule has 0 radical (unpaired) electrons. The van der Waals surface area contributed by atoms with Gasteiger partial charge in [-0.3, -0.25) is 4.68 Å². The highest BCUT2D eigenvalue weighted by atomic mass is 32.1. The van der Waals surface area contributed by atoms with Gasteiger partial charge in [0.1, 0.15) is 10.8 Å². The van der Waals surface area contributed by atoms with Gasteiger partial charge in [-0.25, -0.2) is 0 Å². The summed E-state index contributed by atoms with van der Waals surface area (Å²) in [5.41, 5.74) is 9.16. The first-order chi connectivity index (χ1) is 9.74. The zero-order chi connectivity index (χ0) is 13.9. The van der Waals surface area contributed by atoms with Crippen LogP contribution in [0.2, 0.25) is 0 Å². The lowest BCUT2D eigenvalue weighted by molar-refractivity contribution is 0.767. The molecule has 0 atom stereocenters. The minimum atomic E-state index is 0.565. The molecule has 0 bridgehead atoms. The molecule has 0 aliphatic rings. The maximum absolute atomic E-state index is 5.99. The van der Waals surface area contributed by atoms with E-state index in [4.69, 9.17) is 5.73 Å². The number of benzene rings is 1. The number of nitrogens with one attached hydrogen (secondary N) is 1. The number of aromatic nitrogens is 3. The Labute approximate surface area is 121 Å². The van der Waals surface area contributed by atoms with Crippen LogP contribution < -0.4 is 11.1 Å². The van der Waals surface area contributed by atoms with Crippen molar-refractivity contribution in [2.45, 2.75) is 6.54 Å². The Bertz CT molecular complexity index is 701. The molecule has 0 fully saturated rings. The summed E-state index contributed by atoms with van der Waals surface area (Å²) in [6.07, 6.45) is 3.83. The van der Waals surface area contributed by atoms with E-state index in [1.165, 1.54) is 11.5 Å². The second kappa shape index (κ2) is 5.34. The molecule has 0 aliphatic heterocycles. The SMILES string of the molecule is Cn1cc(CNc2snc(N)c2-c2ccccc2)cn1. The van der Waals surface area contributed by atoms with E-state index in [1.807, 2.05) is 49.8 Å². The fourth-order valence-electron chi connectivity index (χ4n) is 2.05. The van der Waals surface area contributed by atoms with Crippen molar-refractivity contribution in [3.05, 3.63) is 48.3 Å². The highest BCUT2D eigenvalue weighted by Crippen LogP contribution is 2.36. The van der Waals surface area contributed by atoms with Crippen LogP contribution in [0.4, 0.5) is 10.8 Å². The number of nitrogen functional groups attached to an aromatic ring is 1. The van der Waals surface area contributed by atoms with Crippen LogP contribution in [0.15, 0.2) is 42.7 Å². The van der Waals surface area contributed by atoms with Crippen LogP contribution >= 0.6 is 11.5 Å². The van der Waals surface area contributed by atoms with Gasteiger partial charge in [-0.2, -0.15) is 9.47 Å². The van der Waals surface area contributed by atoms with Gasteiger partial charge in [-0.15, -0.1) is 0 Å². The first kappa shape index (κ1) is 12.7. The second-order valence-corrected chi connectivity index (χ2v) is 5.29. The van der Waals surface area contributed by atoms with Crippen LogP contribution in [0.3, 0.4) is 0 Å². The van der Waals surface area contributed by atoms with E-state index in [1.54, 1.807) is 4.68 Å². The first-order valence-corrected chi connectivity index (χ1v) is 7.03. The summed E-state index contributed by atoms with van der Waals surface area (Å²) in [4.78, 5) is 0. The minimum Gasteiger partial charge on any atom is -0.382 e. The average molecular weight is 285 g/mol. The molecule has 0 spiro atoms. The van der Waals surface area contributed by atoms with Gasteiger partial charge in [0.15, 0.2) is 0 Å². The number of nitrogens with zero attached hydrogens (tertiary/aromatic N) is 3. The normalized spacial score (nSPS) is 10.7. The maximum Gasteiger partial charge on any atom is 0.147 e. The van der Waals surface area contributed by atoms with Crippen LogP contribution in [0.25, 0.3) is 11.1 Å². The molecule has 3 aromatic rings. The lowest BCUT2D eigenvalue weighted by Crippen LogP contribution is -1.98. The summed E-state index contributed by atoms with van der Waals surface area (Å²) in [5, 5.41) is 8.52. The van der Waals surface area contributed by atoms with Gasteiger partial charge in [0, 0.05) is 25.4 Å². The number of nitrogens with two attached hydrogens (primary N) is 1. The Kier molecular flexibility index (Phi) is 3.39. The number of rotatable bonds is 4. The van der Waals surface area contributed by atoms with Gasteiger partial charge in [0.05, 0.1) is 11.8 Å². The lowest BCUT2D eigenvalue weighted by Gasteiger charge is -2.06. The van der Waals surface area contributed by atoms with Gasteiger partial charge < -0.3 is 11.1 Å². The molecule has 0 unspecified atom stereocenters. The fourth-order valence-corrected chi connectivity index (χ4v) is 2.78. The Hall–Kier alpha value is -2.34. The molecule has 0 aliphatic carbocycles. The monoisotopic (exact) mass is 285 g/mol. The van der Waals surface area contributed by atoms with Gasteiger partial charge in [-0.05, 0) is 17.1 Å². The number of hydrogen-bond acceptors (Lipinski definition) is 5. The van der Waals surface area contributed by atoms with Crippen molar-refractivity contribution >= 4 is 22.4 Å². The molecule has 0 saturated carbocycles. The number of aryl methyl sites for hydroxylation is 1. The van der Waals surface area contributed by atoms with Crippen LogP contribution in [0.1, 0.15) is 5.56 Å². The van der Waals surface area contributed by atoms with E-state index in [2.05, 4.69) is 14.8 Å². The summed E-state index contributed by atoms with van der Waals surface area (Å²) in [7, 11) is 1.91. The zero-order valence-electron chi connectivity index (χ0n) is 11.1. The van der Waals surface area contributed by atoms with Crippen molar-refractivity contribution in [3.8, 4) is 11.1 Å². The number of hydrogen-bond donors (Lipinski definition) is 2. The summed E-state index contributed by atoms with van der Waals surface area (Å²) in [6, 6.07) is 10.1. The van der Waals surface area contributed by atoms with E-state index in [0.717, 1.165) is 21.7 Å². The van der Waals surface area contributed by atoms with E-state index in [-0.39, 0.29) is 0 Å². The fraction of sp³-hybridized carbons (Fsp3) is 0.143. The molecule has 1 aromatic carbocycles. The molecular weight excluding hydrogens is 270 g/mol. The van der Waals surface area contributed by atoms with Crippen molar-refractivity contribution in [3.63, 3.8) is 0 Å². The standard InChI is InChI=1S/C14H15N5S/c1-19-9-10(8-17-19)7-16-14-12(13(15)18-20-14)11-5-3-2-4-6-11/h2-6,8-9,16H,7H2,1H3,(H2,15,18). The van der Waals surface area contributed by atoms with E-state index in [0.29, 0.717) is 12.4 Å². The predicted molar refractivity (Wildman–Crippen MR) is 82.5 cm³/mol. The molecule has 3 N–H and O–H groups in total. The van der Waals surface area contributed by atoms with Crippen LogP contribution in [-0.4, -0.2) is 14.2 Å². The van der Waals surface area contributed by atoms with E-state index >= 15 is 0 Å². The topological polar surface area (TPSA) is 68.8 Å². The Balaban J connectivity index is 1.84. The lowest BCUT2D eigenvalue weighted by atomic mass is 10.1. The Morgan fingerprint density at radius 1 is 1.30 bits per heavy atom. The van der Waals surface area contributed by atoms with Gasteiger partial charge in [0.2, 0.25) is 0 Å². The highest BCUT2D eigenvalue weighted by Gasteiger charge is 2.13. The third kappa shape index (κ3) is 2.50. The Morgan fingerprint density at radius 3 is 2.80 bits per heavy atom. The minimum absolute atomic E-state index is 0.565. The van der Waals surface area contributed by atoms with Crippen molar-refractivity contribution in [1.82, 2.24) is 14.2 Å². The van der Waals surface area contributed by atoms with Crippen molar-refractivity contribution in [2.75, 3.05) is 11.1 Å². The predicted octanol–water partition coefficient (Wildman–Crippen LogP) is 2.74. The zero-order valence-corrected chi connectivity index (χ0v) is 11.9. The van der Waals surface area contributed by atoms with Gasteiger partial charge in [0.25, 0.3) is 0 Å². The Morgan fingerprint density at radius 2 is 2.10 bits per heavy atom. The molecule has 2 aromatic heterocycles.